The fraction of sp³-hybridized carbons (Fsp3) is 0.214. The number of methoxy groups -OCH3 is 1. The number of ether oxygens (including phenoxy) is 1. The molecule has 0 fully saturated rings. The molecule has 0 spiro atoms. The number of benzene rings is 1. The normalized spacial score (nSPS) is 12.1. The minimum Gasteiger partial charge on any atom is -0.468 e. The Hall–Kier alpha value is -2.23. The summed E-state index contributed by atoms with van der Waals surface area (Å²) in [4.78, 5) is 27.6. The first-order chi connectivity index (χ1) is 8.63. The number of para-hydroxylation sites is 1. The minimum atomic E-state index is -0.830. The van der Waals surface area contributed by atoms with Gasteiger partial charge in [-0.15, -0.1) is 0 Å². The Bertz CT molecular complexity index is 607. The third-order valence-electron chi connectivity index (χ3n) is 2.80. The SMILES string of the molecule is COC(=O)C(C)C(=O)c1ccc2ccccc2n1. The first-order valence-electron chi connectivity index (χ1n) is 5.61. The van der Waals surface area contributed by atoms with E-state index in [1.54, 1.807) is 6.07 Å². The number of hydrogen-bond acceptors (Lipinski definition) is 4. The number of hydrogen-bond donors (Lipinski definition) is 0. The summed E-state index contributed by atoms with van der Waals surface area (Å²) >= 11 is 0. The average Bonchev–Trinajstić information content (AvgIpc) is 2.44. The van der Waals surface area contributed by atoms with Crippen LogP contribution in [0.1, 0.15) is 17.4 Å². The van der Waals surface area contributed by atoms with Crippen LogP contribution in [0.4, 0.5) is 0 Å². The second-order valence-corrected chi connectivity index (χ2v) is 4.00. The van der Waals surface area contributed by atoms with Gasteiger partial charge in [-0.3, -0.25) is 9.59 Å². The van der Waals surface area contributed by atoms with Crippen molar-refractivity contribution in [3.8, 4) is 0 Å². The number of carbonyl (C=O) groups is 2. The van der Waals surface area contributed by atoms with Crippen molar-refractivity contribution in [1.29, 1.82) is 0 Å². The van der Waals surface area contributed by atoms with E-state index in [9.17, 15) is 9.59 Å². The number of fused-ring (bicyclic) bond motifs is 1. The quantitative estimate of drug-likeness (QED) is 0.471. The number of nitrogens with zero attached hydrogens (tertiary/aromatic N) is 1. The van der Waals surface area contributed by atoms with Gasteiger partial charge in [-0.2, -0.15) is 0 Å². The van der Waals surface area contributed by atoms with E-state index in [0.717, 1.165) is 10.9 Å². The van der Waals surface area contributed by atoms with Crippen LogP contribution >= 0.6 is 0 Å². The van der Waals surface area contributed by atoms with Gasteiger partial charge in [-0.1, -0.05) is 24.3 Å². The van der Waals surface area contributed by atoms with E-state index in [-0.39, 0.29) is 11.5 Å². The van der Waals surface area contributed by atoms with Gasteiger partial charge in [0.15, 0.2) is 5.78 Å². The van der Waals surface area contributed by atoms with Crippen LogP contribution in [0.5, 0.6) is 0 Å². The van der Waals surface area contributed by atoms with Crippen molar-refractivity contribution in [3.05, 3.63) is 42.1 Å². The lowest BCUT2D eigenvalue weighted by molar-refractivity contribution is -0.143. The molecule has 0 N–H and O–H groups in total. The molecule has 92 valence electrons. The van der Waals surface area contributed by atoms with E-state index < -0.39 is 11.9 Å². The van der Waals surface area contributed by atoms with Crippen molar-refractivity contribution in [2.75, 3.05) is 7.11 Å². The van der Waals surface area contributed by atoms with Gasteiger partial charge in [0.05, 0.1) is 12.6 Å². The molecule has 0 bridgehead atoms. The van der Waals surface area contributed by atoms with E-state index in [0.29, 0.717) is 0 Å². The molecule has 4 heteroatoms. The standard InChI is InChI=1S/C14H13NO3/c1-9(14(17)18-2)13(16)12-8-7-10-5-3-4-6-11(10)15-12/h3-9H,1-2H3. The van der Waals surface area contributed by atoms with E-state index in [4.69, 9.17) is 0 Å². The highest BCUT2D eigenvalue weighted by Crippen LogP contribution is 2.14. The number of Topliss-reactive ketones (excluding diaryl/α,β-unsaturated/α-hetero) is 1. The molecule has 4 nitrogen and oxygen atoms in total. The number of carbonyl (C=O) groups excluding carboxylic acids is 2. The number of pyridine rings is 1. The molecule has 0 saturated heterocycles. The molecule has 0 radical (unpaired) electrons. The second kappa shape index (κ2) is 4.96. The Morgan fingerprint density at radius 3 is 2.61 bits per heavy atom. The molecule has 2 aromatic rings. The van der Waals surface area contributed by atoms with Gasteiger partial charge >= 0.3 is 5.97 Å². The maximum Gasteiger partial charge on any atom is 0.316 e. The van der Waals surface area contributed by atoms with Gasteiger partial charge in [-0.25, -0.2) is 4.98 Å². The second-order valence-electron chi connectivity index (χ2n) is 4.00. The van der Waals surface area contributed by atoms with Gasteiger partial charge in [-0.05, 0) is 19.1 Å². The monoisotopic (exact) mass is 243 g/mol. The highest BCUT2D eigenvalue weighted by atomic mass is 16.5. The predicted molar refractivity (Wildman–Crippen MR) is 67.3 cm³/mol. The summed E-state index contributed by atoms with van der Waals surface area (Å²) in [5.74, 6) is -1.70. The molecule has 0 aliphatic rings. The van der Waals surface area contributed by atoms with E-state index in [1.165, 1.54) is 14.0 Å². The Labute approximate surface area is 105 Å². The molecule has 1 aromatic heterocycles. The molecule has 1 aromatic carbocycles. The summed E-state index contributed by atoms with van der Waals surface area (Å²) in [7, 11) is 1.26. The topological polar surface area (TPSA) is 56.3 Å². The Kier molecular flexibility index (Phi) is 3.37. The fourth-order valence-electron chi connectivity index (χ4n) is 1.71. The van der Waals surface area contributed by atoms with Gasteiger partial charge in [0.2, 0.25) is 0 Å². The van der Waals surface area contributed by atoms with E-state index in [2.05, 4.69) is 9.72 Å². The van der Waals surface area contributed by atoms with Gasteiger partial charge in [0.1, 0.15) is 11.6 Å². The number of ketones is 1. The maximum absolute atomic E-state index is 12.0. The van der Waals surface area contributed by atoms with Crippen molar-refractivity contribution >= 4 is 22.7 Å². The van der Waals surface area contributed by atoms with Crippen molar-refractivity contribution < 1.29 is 14.3 Å². The lowest BCUT2D eigenvalue weighted by Gasteiger charge is -2.08. The van der Waals surface area contributed by atoms with Gasteiger partial charge in [0, 0.05) is 5.39 Å². The Morgan fingerprint density at radius 2 is 1.89 bits per heavy atom. The molecule has 1 atom stereocenters. The molecule has 0 saturated carbocycles. The third-order valence-corrected chi connectivity index (χ3v) is 2.80. The molecular weight excluding hydrogens is 230 g/mol. The molecule has 1 heterocycles. The van der Waals surface area contributed by atoms with Crippen LogP contribution in [-0.2, 0) is 9.53 Å². The summed E-state index contributed by atoms with van der Waals surface area (Å²) in [6.07, 6.45) is 0. The molecule has 0 aliphatic heterocycles. The molecule has 1 unspecified atom stereocenters. The lowest BCUT2D eigenvalue weighted by atomic mass is 10.0. The van der Waals surface area contributed by atoms with Crippen molar-refractivity contribution in [3.63, 3.8) is 0 Å². The minimum absolute atomic E-state index is 0.284. The number of aromatic nitrogens is 1. The molecule has 0 aliphatic carbocycles. The zero-order valence-corrected chi connectivity index (χ0v) is 10.2. The van der Waals surface area contributed by atoms with Crippen LogP contribution in [0.25, 0.3) is 10.9 Å². The zero-order valence-electron chi connectivity index (χ0n) is 10.2. The van der Waals surface area contributed by atoms with Crippen LogP contribution in [0.15, 0.2) is 36.4 Å². The summed E-state index contributed by atoms with van der Waals surface area (Å²) < 4.78 is 4.55. The fourth-order valence-corrected chi connectivity index (χ4v) is 1.71. The third kappa shape index (κ3) is 2.22. The lowest BCUT2D eigenvalue weighted by Crippen LogP contribution is -2.23. The summed E-state index contributed by atoms with van der Waals surface area (Å²) in [5.41, 5.74) is 1.02. The van der Waals surface area contributed by atoms with Crippen LogP contribution in [0.2, 0.25) is 0 Å². The highest BCUT2D eigenvalue weighted by molar-refractivity contribution is 6.07. The molecular formula is C14H13NO3. The van der Waals surface area contributed by atoms with Crippen LogP contribution in [-0.4, -0.2) is 23.8 Å². The maximum atomic E-state index is 12.0. The Morgan fingerprint density at radius 1 is 1.17 bits per heavy atom. The van der Waals surface area contributed by atoms with Gasteiger partial charge in [0.25, 0.3) is 0 Å². The highest BCUT2D eigenvalue weighted by Gasteiger charge is 2.24. The molecule has 0 amide bonds. The van der Waals surface area contributed by atoms with Crippen molar-refractivity contribution in [2.45, 2.75) is 6.92 Å². The summed E-state index contributed by atoms with van der Waals surface area (Å²) in [6.45, 7) is 1.52. The average molecular weight is 243 g/mol. The molecule has 2 rings (SSSR count). The van der Waals surface area contributed by atoms with Crippen LogP contribution in [0.3, 0.4) is 0 Å². The smallest absolute Gasteiger partial charge is 0.316 e. The number of esters is 1. The van der Waals surface area contributed by atoms with Crippen molar-refractivity contribution in [1.82, 2.24) is 4.98 Å². The first-order valence-corrected chi connectivity index (χ1v) is 5.61. The largest absolute Gasteiger partial charge is 0.468 e. The van der Waals surface area contributed by atoms with Crippen LogP contribution in [0, 0.1) is 5.92 Å². The van der Waals surface area contributed by atoms with E-state index in [1.807, 2.05) is 30.3 Å². The van der Waals surface area contributed by atoms with E-state index >= 15 is 0 Å². The zero-order chi connectivity index (χ0) is 13.1. The molecule has 18 heavy (non-hydrogen) atoms. The summed E-state index contributed by atoms with van der Waals surface area (Å²) in [6, 6.07) is 11.0. The predicted octanol–water partition coefficient (Wildman–Crippen LogP) is 2.23. The summed E-state index contributed by atoms with van der Waals surface area (Å²) in [5, 5.41) is 0.958. The first kappa shape index (κ1) is 12.2. The van der Waals surface area contributed by atoms with Gasteiger partial charge < -0.3 is 4.74 Å². The van der Waals surface area contributed by atoms with Crippen LogP contribution < -0.4 is 0 Å². The Balaban J connectivity index is 2.36. The number of rotatable bonds is 3. The van der Waals surface area contributed by atoms with Crippen molar-refractivity contribution in [2.24, 2.45) is 5.92 Å².